The first-order valence-electron chi connectivity index (χ1n) is 9.41. The lowest BCUT2D eigenvalue weighted by atomic mass is 10.2. The van der Waals surface area contributed by atoms with Gasteiger partial charge >= 0.3 is 0 Å². The molecular formula is C19H23N7OS. The zero-order valence-electron chi connectivity index (χ0n) is 16.1. The fraction of sp³-hybridized carbons (Fsp3) is 0.421. The van der Waals surface area contributed by atoms with Gasteiger partial charge in [0, 0.05) is 36.1 Å². The topological polar surface area (TPSA) is 90.5 Å². The molecule has 9 heteroatoms. The Hall–Kier alpha value is -2.68. The molecule has 1 amide bonds. The van der Waals surface area contributed by atoms with Crippen molar-refractivity contribution in [2.75, 3.05) is 5.32 Å². The van der Waals surface area contributed by atoms with Crippen LogP contribution in [0.3, 0.4) is 0 Å². The first kappa shape index (κ1) is 18.7. The maximum atomic E-state index is 12.7. The van der Waals surface area contributed by atoms with Crippen LogP contribution in [0.2, 0.25) is 0 Å². The molecule has 1 atom stereocenters. The zero-order valence-corrected chi connectivity index (χ0v) is 16.9. The van der Waals surface area contributed by atoms with Crippen LogP contribution in [0.1, 0.15) is 45.7 Å². The Labute approximate surface area is 167 Å². The van der Waals surface area contributed by atoms with Gasteiger partial charge in [0.15, 0.2) is 11.0 Å². The molecule has 0 radical (unpaired) electrons. The number of carbonyl (C=O) groups excluding carboxylic acids is 1. The Kier molecular flexibility index (Phi) is 5.17. The van der Waals surface area contributed by atoms with Gasteiger partial charge in [-0.2, -0.15) is 5.10 Å². The molecule has 1 fully saturated rings. The Morgan fingerprint density at radius 3 is 2.57 bits per heavy atom. The highest BCUT2D eigenvalue weighted by Gasteiger charge is 2.31. The minimum atomic E-state index is -0.317. The molecule has 1 saturated carbocycles. The van der Waals surface area contributed by atoms with Gasteiger partial charge in [-0.05, 0) is 45.7 Å². The van der Waals surface area contributed by atoms with Crippen LogP contribution in [0.25, 0.3) is 11.4 Å². The van der Waals surface area contributed by atoms with E-state index in [-0.39, 0.29) is 17.2 Å². The second kappa shape index (κ2) is 7.75. The number of hydrogen-bond donors (Lipinski definition) is 1. The molecule has 3 aromatic rings. The van der Waals surface area contributed by atoms with E-state index in [0.29, 0.717) is 11.9 Å². The van der Waals surface area contributed by atoms with Crippen molar-refractivity contribution in [3.8, 4) is 11.4 Å². The molecule has 3 heterocycles. The predicted molar refractivity (Wildman–Crippen MR) is 108 cm³/mol. The quantitative estimate of drug-likeness (QED) is 0.613. The third kappa shape index (κ3) is 3.80. The number of rotatable bonds is 7. The minimum absolute atomic E-state index is 0.0804. The normalized spacial score (nSPS) is 15.0. The van der Waals surface area contributed by atoms with Gasteiger partial charge < -0.3 is 5.32 Å². The van der Waals surface area contributed by atoms with Crippen LogP contribution in [-0.4, -0.2) is 40.7 Å². The molecule has 0 aromatic carbocycles. The number of nitrogens with one attached hydrogen (secondary N) is 1. The summed E-state index contributed by atoms with van der Waals surface area (Å²) in [6.45, 7) is 5.94. The summed E-state index contributed by atoms with van der Waals surface area (Å²) >= 11 is 1.43. The lowest BCUT2D eigenvalue weighted by Crippen LogP contribution is -2.25. The van der Waals surface area contributed by atoms with Crippen molar-refractivity contribution < 1.29 is 4.79 Å². The van der Waals surface area contributed by atoms with E-state index in [1.807, 2.05) is 39.0 Å². The van der Waals surface area contributed by atoms with Crippen LogP contribution in [-0.2, 0) is 4.79 Å². The largest absolute Gasteiger partial charge is 0.310 e. The van der Waals surface area contributed by atoms with Crippen LogP contribution >= 0.6 is 11.8 Å². The van der Waals surface area contributed by atoms with Gasteiger partial charge in [0.2, 0.25) is 5.91 Å². The summed E-state index contributed by atoms with van der Waals surface area (Å²) in [5.41, 5.74) is 0.985. The molecule has 1 aliphatic carbocycles. The van der Waals surface area contributed by atoms with E-state index in [2.05, 4.69) is 30.2 Å². The van der Waals surface area contributed by atoms with Crippen LogP contribution in [0.5, 0.6) is 0 Å². The average Bonchev–Trinajstić information content (AvgIpc) is 3.27. The Bertz CT molecular complexity index is 962. The lowest BCUT2D eigenvalue weighted by molar-refractivity contribution is -0.115. The molecule has 0 bridgehead atoms. The fourth-order valence-electron chi connectivity index (χ4n) is 2.98. The first-order valence-corrected chi connectivity index (χ1v) is 10.3. The number of anilines is 1. The summed E-state index contributed by atoms with van der Waals surface area (Å²) in [7, 11) is 0. The van der Waals surface area contributed by atoms with E-state index in [1.54, 1.807) is 23.3 Å². The van der Waals surface area contributed by atoms with E-state index in [9.17, 15) is 4.79 Å². The molecule has 28 heavy (non-hydrogen) atoms. The van der Waals surface area contributed by atoms with Crippen molar-refractivity contribution in [3.63, 3.8) is 0 Å². The summed E-state index contributed by atoms with van der Waals surface area (Å²) in [4.78, 5) is 16.8. The second-order valence-electron chi connectivity index (χ2n) is 7.15. The fourth-order valence-corrected chi connectivity index (χ4v) is 3.90. The van der Waals surface area contributed by atoms with Gasteiger partial charge in [-0.3, -0.25) is 14.3 Å². The van der Waals surface area contributed by atoms with Gasteiger partial charge in [-0.15, -0.1) is 10.2 Å². The Morgan fingerprint density at radius 1 is 1.14 bits per heavy atom. The number of amides is 1. The van der Waals surface area contributed by atoms with Crippen LogP contribution in [0.4, 0.5) is 5.82 Å². The van der Waals surface area contributed by atoms with E-state index < -0.39 is 0 Å². The average molecular weight is 398 g/mol. The molecule has 1 aliphatic rings. The number of thioether (sulfide) groups is 1. The van der Waals surface area contributed by atoms with Crippen molar-refractivity contribution in [1.82, 2.24) is 29.5 Å². The molecule has 1 unspecified atom stereocenters. The van der Waals surface area contributed by atoms with Crippen molar-refractivity contribution in [2.45, 2.75) is 56.1 Å². The van der Waals surface area contributed by atoms with Crippen LogP contribution < -0.4 is 5.32 Å². The highest BCUT2D eigenvalue weighted by Crippen LogP contribution is 2.41. The van der Waals surface area contributed by atoms with Gasteiger partial charge in [-0.1, -0.05) is 11.8 Å². The summed E-state index contributed by atoms with van der Waals surface area (Å²) in [6, 6.07) is 6.25. The second-order valence-corrected chi connectivity index (χ2v) is 8.46. The first-order chi connectivity index (χ1) is 13.5. The van der Waals surface area contributed by atoms with Crippen molar-refractivity contribution in [3.05, 3.63) is 36.8 Å². The van der Waals surface area contributed by atoms with Crippen molar-refractivity contribution in [1.29, 1.82) is 0 Å². The molecule has 0 aliphatic heterocycles. The van der Waals surface area contributed by atoms with Crippen LogP contribution in [0.15, 0.2) is 41.9 Å². The van der Waals surface area contributed by atoms with E-state index >= 15 is 0 Å². The Balaban J connectivity index is 1.52. The van der Waals surface area contributed by atoms with Crippen molar-refractivity contribution in [2.24, 2.45) is 0 Å². The van der Waals surface area contributed by atoms with Gasteiger partial charge in [0.05, 0.1) is 11.4 Å². The molecule has 0 saturated heterocycles. The molecule has 0 spiro atoms. The van der Waals surface area contributed by atoms with E-state index in [0.717, 1.165) is 29.4 Å². The van der Waals surface area contributed by atoms with Crippen LogP contribution in [0, 0.1) is 0 Å². The molecule has 4 rings (SSSR count). The number of hydrogen-bond acceptors (Lipinski definition) is 6. The monoisotopic (exact) mass is 397 g/mol. The molecular weight excluding hydrogens is 374 g/mol. The maximum absolute atomic E-state index is 12.7. The van der Waals surface area contributed by atoms with Gasteiger partial charge in [-0.25, -0.2) is 4.68 Å². The van der Waals surface area contributed by atoms with E-state index in [1.165, 1.54) is 11.8 Å². The molecule has 8 nitrogen and oxygen atoms in total. The standard InChI is InChI=1S/C19H23N7OS/c1-12(2)26-16(8-11-21-26)22-18(27)13(3)28-19-24-23-17(25(19)15-4-5-15)14-6-9-20-10-7-14/h6-13,15H,4-5H2,1-3H3,(H,22,27). The zero-order chi connectivity index (χ0) is 19.7. The number of nitrogens with zero attached hydrogens (tertiary/aromatic N) is 6. The minimum Gasteiger partial charge on any atom is -0.310 e. The van der Waals surface area contributed by atoms with Crippen molar-refractivity contribution >= 4 is 23.5 Å². The smallest absolute Gasteiger partial charge is 0.238 e. The molecule has 146 valence electrons. The number of pyridine rings is 1. The number of carbonyl (C=O) groups is 1. The maximum Gasteiger partial charge on any atom is 0.238 e. The molecule has 1 N–H and O–H groups in total. The van der Waals surface area contributed by atoms with Gasteiger partial charge in [0.1, 0.15) is 5.82 Å². The summed E-state index contributed by atoms with van der Waals surface area (Å²) in [6.07, 6.45) is 7.41. The summed E-state index contributed by atoms with van der Waals surface area (Å²) in [5, 5.41) is 16.5. The third-order valence-corrected chi connectivity index (χ3v) is 5.63. The summed E-state index contributed by atoms with van der Waals surface area (Å²) < 4.78 is 3.95. The highest BCUT2D eigenvalue weighted by molar-refractivity contribution is 8.00. The van der Waals surface area contributed by atoms with Gasteiger partial charge in [0.25, 0.3) is 0 Å². The third-order valence-electron chi connectivity index (χ3n) is 4.58. The Morgan fingerprint density at radius 2 is 1.89 bits per heavy atom. The highest BCUT2D eigenvalue weighted by atomic mass is 32.2. The molecule has 3 aromatic heterocycles. The predicted octanol–water partition coefficient (Wildman–Crippen LogP) is 3.57. The number of aromatic nitrogens is 6. The van der Waals surface area contributed by atoms with E-state index in [4.69, 9.17) is 0 Å². The lowest BCUT2D eigenvalue weighted by Gasteiger charge is -2.15. The summed E-state index contributed by atoms with van der Waals surface area (Å²) in [5.74, 6) is 1.45. The SMILES string of the molecule is CC(Sc1nnc(-c2ccncc2)n1C1CC1)C(=O)Nc1ccnn1C(C)C.